The van der Waals surface area contributed by atoms with Gasteiger partial charge in [-0.05, 0) is 43.7 Å². The fourth-order valence-corrected chi connectivity index (χ4v) is 4.85. The highest BCUT2D eigenvalue weighted by Gasteiger charge is 2.34. The average molecular weight is 472 g/mol. The lowest BCUT2D eigenvalue weighted by atomic mass is 9.77. The summed E-state index contributed by atoms with van der Waals surface area (Å²) >= 11 is 0. The molecule has 0 bridgehead atoms. The third kappa shape index (κ3) is 6.82. The maximum absolute atomic E-state index is 14.4. The van der Waals surface area contributed by atoms with Crippen LogP contribution in [0.2, 0.25) is 0 Å². The van der Waals surface area contributed by atoms with E-state index < -0.39 is 18.0 Å². The second kappa shape index (κ2) is 12.6. The number of carbonyl (C=O) groups excluding carboxylic acids is 3. The standard InChI is InChI=1S/C26H34FN3O4/c1-2-3-10-21(24(27)26(33)30-34)23(31)13-12-17-7-6-9-19(14-17)25(32)29-20-15-18-8-4-5-11-22(18)28-16-20/h4-5,8,11,15-17,19,21,24,34H,2-3,6-7,9-10,12-14H2,1H3,(H,29,32)(H,30,33). The van der Waals surface area contributed by atoms with Crippen molar-refractivity contribution in [2.24, 2.45) is 17.8 Å². The summed E-state index contributed by atoms with van der Waals surface area (Å²) in [7, 11) is 0. The van der Waals surface area contributed by atoms with Crippen LogP contribution in [0, 0.1) is 17.8 Å². The van der Waals surface area contributed by atoms with Crippen molar-refractivity contribution >= 4 is 34.2 Å². The first-order valence-electron chi connectivity index (χ1n) is 12.2. The highest BCUT2D eigenvalue weighted by Crippen LogP contribution is 2.33. The van der Waals surface area contributed by atoms with Gasteiger partial charge in [-0.1, -0.05) is 50.8 Å². The second-order valence-electron chi connectivity index (χ2n) is 9.27. The van der Waals surface area contributed by atoms with Crippen LogP contribution in [0.15, 0.2) is 36.5 Å². The second-order valence-corrected chi connectivity index (χ2v) is 9.27. The minimum Gasteiger partial charge on any atom is -0.324 e. The molecule has 184 valence electrons. The van der Waals surface area contributed by atoms with Crippen LogP contribution >= 0.6 is 0 Å². The molecule has 4 atom stereocenters. The van der Waals surface area contributed by atoms with Gasteiger partial charge >= 0.3 is 0 Å². The van der Waals surface area contributed by atoms with Crippen LogP contribution in [0.3, 0.4) is 0 Å². The van der Waals surface area contributed by atoms with Crippen molar-refractivity contribution in [3.05, 3.63) is 36.5 Å². The lowest BCUT2D eigenvalue weighted by Crippen LogP contribution is -2.38. The topological polar surface area (TPSA) is 108 Å². The first-order chi connectivity index (χ1) is 16.4. The maximum Gasteiger partial charge on any atom is 0.278 e. The third-order valence-corrected chi connectivity index (χ3v) is 6.81. The van der Waals surface area contributed by atoms with E-state index in [2.05, 4.69) is 10.3 Å². The van der Waals surface area contributed by atoms with Gasteiger partial charge in [0.1, 0.15) is 5.78 Å². The van der Waals surface area contributed by atoms with Crippen LogP contribution < -0.4 is 10.8 Å². The number of nitrogens with one attached hydrogen (secondary N) is 2. The van der Waals surface area contributed by atoms with Crippen LogP contribution in [-0.4, -0.2) is 34.0 Å². The van der Waals surface area contributed by atoms with E-state index in [1.807, 2.05) is 37.3 Å². The summed E-state index contributed by atoms with van der Waals surface area (Å²) in [4.78, 5) is 41.5. The Kier molecular flexibility index (Phi) is 9.51. The van der Waals surface area contributed by atoms with Crippen LogP contribution in [0.25, 0.3) is 10.9 Å². The molecule has 1 fully saturated rings. The molecule has 3 N–H and O–H groups in total. The Bertz CT molecular complexity index is 999. The van der Waals surface area contributed by atoms with Gasteiger partial charge in [-0.15, -0.1) is 0 Å². The first kappa shape index (κ1) is 25.7. The highest BCUT2D eigenvalue weighted by atomic mass is 19.1. The van der Waals surface area contributed by atoms with Gasteiger partial charge in [0.2, 0.25) is 5.91 Å². The van der Waals surface area contributed by atoms with Gasteiger partial charge in [0, 0.05) is 17.7 Å². The summed E-state index contributed by atoms with van der Waals surface area (Å²) in [5.41, 5.74) is 2.85. The molecule has 34 heavy (non-hydrogen) atoms. The van der Waals surface area contributed by atoms with E-state index in [-0.39, 0.29) is 36.4 Å². The Morgan fingerprint density at radius 2 is 2.03 bits per heavy atom. The monoisotopic (exact) mass is 471 g/mol. The average Bonchev–Trinajstić information content (AvgIpc) is 2.87. The predicted molar refractivity (Wildman–Crippen MR) is 128 cm³/mol. The first-order valence-corrected chi connectivity index (χ1v) is 12.2. The number of Topliss-reactive ketones (excluding diaryl/α,β-unsaturated/α-hetero) is 1. The van der Waals surface area contributed by atoms with Crippen molar-refractivity contribution in [2.45, 2.75) is 70.9 Å². The Morgan fingerprint density at radius 1 is 1.24 bits per heavy atom. The van der Waals surface area contributed by atoms with Crippen molar-refractivity contribution in [3.63, 3.8) is 0 Å². The smallest absolute Gasteiger partial charge is 0.278 e. The summed E-state index contributed by atoms with van der Waals surface area (Å²) in [5, 5.41) is 12.7. The summed E-state index contributed by atoms with van der Waals surface area (Å²) in [6.07, 6.45) is 5.31. The van der Waals surface area contributed by atoms with E-state index >= 15 is 0 Å². The lowest BCUT2D eigenvalue weighted by molar-refractivity contribution is -0.141. The maximum atomic E-state index is 14.4. The number of hydrogen-bond donors (Lipinski definition) is 3. The molecule has 0 radical (unpaired) electrons. The van der Waals surface area contributed by atoms with E-state index in [0.29, 0.717) is 24.9 Å². The van der Waals surface area contributed by atoms with Gasteiger partial charge < -0.3 is 5.32 Å². The molecular weight excluding hydrogens is 437 g/mol. The van der Waals surface area contributed by atoms with Crippen LogP contribution in [0.1, 0.15) is 64.7 Å². The summed E-state index contributed by atoms with van der Waals surface area (Å²) in [6.45, 7) is 1.93. The number of amides is 2. The number of unbranched alkanes of at least 4 members (excludes halogenated alkanes) is 1. The number of aromatic nitrogens is 1. The number of carbonyl (C=O) groups is 3. The highest BCUT2D eigenvalue weighted by molar-refractivity contribution is 5.94. The molecule has 1 heterocycles. The molecule has 1 aromatic heterocycles. The number of pyridine rings is 1. The van der Waals surface area contributed by atoms with Crippen molar-refractivity contribution < 1.29 is 24.0 Å². The summed E-state index contributed by atoms with van der Waals surface area (Å²) in [5.74, 6) is -2.51. The molecule has 8 heteroatoms. The number of benzene rings is 1. The molecule has 0 saturated heterocycles. The molecule has 0 spiro atoms. The summed E-state index contributed by atoms with van der Waals surface area (Å²) < 4.78 is 14.4. The zero-order valence-corrected chi connectivity index (χ0v) is 19.6. The number of rotatable bonds is 11. The number of halogens is 1. The molecule has 2 aromatic rings. The Labute approximate surface area is 199 Å². The minimum absolute atomic E-state index is 0.0441. The Balaban J connectivity index is 1.54. The lowest BCUT2D eigenvalue weighted by Gasteiger charge is -2.29. The number of alkyl halides is 1. The summed E-state index contributed by atoms with van der Waals surface area (Å²) in [6, 6.07) is 9.62. The molecule has 0 aliphatic heterocycles. The molecule has 7 nitrogen and oxygen atoms in total. The number of anilines is 1. The fraction of sp³-hybridized carbons (Fsp3) is 0.538. The number of fused-ring (bicyclic) bond motifs is 1. The van der Waals surface area contributed by atoms with Crippen LogP contribution in [0.4, 0.5) is 10.1 Å². The predicted octanol–water partition coefficient (Wildman–Crippen LogP) is 4.98. The minimum atomic E-state index is -2.05. The van der Waals surface area contributed by atoms with Gasteiger partial charge in [0.15, 0.2) is 6.17 Å². The van der Waals surface area contributed by atoms with Gasteiger partial charge in [-0.25, -0.2) is 9.87 Å². The van der Waals surface area contributed by atoms with Gasteiger partial charge in [0.25, 0.3) is 5.91 Å². The normalized spacial score (nSPS) is 19.9. The van der Waals surface area contributed by atoms with E-state index in [1.54, 1.807) is 6.20 Å². The molecule has 1 saturated carbocycles. The van der Waals surface area contributed by atoms with Crippen LogP contribution in [0.5, 0.6) is 0 Å². The SMILES string of the molecule is CCCCC(C(=O)CCC1CCCC(C(=O)Nc2cnc3ccccc3c2)C1)C(F)C(=O)NO. The van der Waals surface area contributed by atoms with Gasteiger partial charge in [-0.2, -0.15) is 0 Å². The van der Waals surface area contributed by atoms with Crippen molar-refractivity contribution in [1.82, 2.24) is 10.5 Å². The third-order valence-electron chi connectivity index (χ3n) is 6.81. The largest absolute Gasteiger partial charge is 0.324 e. The zero-order chi connectivity index (χ0) is 24.5. The van der Waals surface area contributed by atoms with Crippen LogP contribution in [-0.2, 0) is 14.4 Å². The number of hydrogen-bond acceptors (Lipinski definition) is 5. The van der Waals surface area contributed by atoms with E-state index in [0.717, 1.165) is 36.6 Å². The molecule has 1 aromatic carbocycles. The number of nitrogens with zero attached hydrogens (tertiary/aromatic N) is 1. The number of para-hydroxylation sites is 1. The van der Waals surface area contributed by atoms with Crippen molar-refractivity contribution in [3.8, 4) is 0 Å². The number of ketones is 1. The van der Waals surface area contributed by atoms with E-state index in [1.165, 1.54) is 5.48 Å². The zero-order valence-electron chi connectivity index (χ0n) is 19.6. The molecule has 3 rings (SSSR count). The Hall–Kier alpha value is -2.87. The molecule has 4 unspecified atom stereocenters. The van der Waals surface area contributed by atoms with E-state index in [4.69, 9.17) is 5.21 Å². The van der Waals surface area contributed by atoms with Crippen molar-refractivity contribution in [2.75, 3.05) is 5.32 Å². The molecule has 1 aliphatic rings. The number of hydroxylamine groups is 1. The van der Waals surface area contributed by atoms with Gasteiger partial charge in [-0.3, -0.25) is 24.6 Å². The quantitative estimate of drug-likeness (QED) is 0.316. The van der Waals surface area contributed by atoms with Crippen molar-refractivity contribution in [1.29, 1.82) is 0 Å². The Morgan fingerprint density at radius 3 is 2.79 bits per heavy atom. The van der Waals surface area contributed by atoms with E-state index in [9.17, 15) is 18.8 Å². The van der Waals surface area contributed by atoms with Gasteiger partial charge in [0.05, 0.1) is 23.3 Å². The molecule has 2 amide bonds. The molecule has 1 aliphatic carbocycles. The fourth-order valence-electron chi connectivity index (χ4n) is 4.85. The molecular formula is C26H34FN3O4.